The number of oxime groups is 1. The Labute approximate surface area is 109 Å². The van der Waals surface area contributed by atoms with E-state index >= 15 is 0 Å². The lowest BCUT2D eigenvalue weighted by molar-refractivity contribution is 0.0937. The van der Waals surface area contributed by atoms with Gasteiger partial charge in [0, 0.05) is 0 Å². The lowest BCUT2D eigenvalue weighted by atomic mass is 10.1. The maximum absolute atomic E-state index is 12.0. The number of hydrogen-bond acceptors (Lipinski definition) is 5. The smallest absolute Gasteiger partial charge is 0.259 e. The summed E-state index contributed by atoms with van der Waals surface area (Å²) in [5.74, 6) is -1.30. The average Bonchev–Trinajstić information content (AvgIpc) is 3.19. The van der Waals surface area contributed by atoms with Crippen LogP contribution in [0.3, 0.4) is 0 Å². The van der Waals surface area contributed by atoms with Crippen LogP contribution in [0.25, 0.3) is 0 Å². The van der Waals surface area contributed by atoms with Crippen LogP contribution >= 0.6 is 0 Å². The first-order valence-electron chi connectivity index (χ1n) is 5.83. The molecule has 1 fully saturated rings. The third-order valence-corrected chi connectivity index (χ3v) is 3.06. The third kappa shape index (κ3) is 2.70. The minimum Gasteiger partial charge on any atom is -0.507 e. The summed E-state index contributed by atoms with van der Waals surface area (Å²) in [5.41, 5.74) is 5.30. The first-order chi connectivity index (χ1) is 9.04. The van der Waals surface area contributed by atoms with E-state index in [9.17, 15) is 15.0 Å². The number of hydrogen-bond donors (Lipinski definition) is 5. The summed E-state index contributed by atoms with van der Waals surface area (Å²) < 4.78 is 0. The molecule has 7 heteroatoms. The van der Waals surface area contributed by atoms with Gasteiger partial charge >= 0.3 is 0 Å². The normalized spacial score (nSPS) is 16.9. The zero-order valence-corrected chi connectivity index (χ0v) is 10.1. The van der Waals surface area contributed by atoms with Gasteiger partial charge in [0.2, 0.25) is 0 Å². The monoisotopic (exact) mass is 265 g/mol. The van der Waals surface area contributed by atoms with Gasteiger partial charge in [-0.25, -0.2) is 0 Å². The molecule has 102 valence electrons. The Bertz CT molecular complexity index is 505. The van der Waals surface area contributed by atoms with Crippen molar-refractivity contribution in [3.05, 3.63) is 23.8 Å². The van der Waals surface area contributed by atoms with Crippen LogP contribution in [0.15, 0.2) is 23.4 Å². The molecule has 0 saturated heterocycles. The molecule has 0 heterocycles. The van der Waals surface area contributed by atoms with Crippen LogP contribution in [0, 0.1) is 5.92 Å². The van der Waals surface area contributed by atoms with Gasteiger partial charge in [0.1, 0.15) is 17.1 Å². The second kappa shape index (κ2) is 5.05. The standard InChI is InChI=1S/C12H15N3O4/c13-11(15-19)10(6-4-5-6)14-12(18)9-7(16)2-1-3-8(9)17/h1-3,6,10,16-17,19H,4-5H2,(H2,13,15)(H,14,18). The van der Waals surface area contributed by atoms with Gasteiger partial charge in [-0.15, -0.1) is 0 Å². The number of rotatable bonds is 4. The first kappa shape index (κ1) is 13.0. The van der Waals surface area contributed by atoms with E-state index < -0.39 is 11.9 Å². The molecule has 1 aliphatic carbocycles. The highest BCUT2D eigenvalue weighted by atomic mass is 16.4. The lowest BCUT2D eigenvalue weighted by Gasteiger charge is -2.17. The summed E-state index contributed by atoms with van der Waals surface area (Å²) in [6.07, 6.45) is 1.74. The summed E-state index contributed by atoms with van der Waals surface area (Å²) >= 11 is 0. The van der Waals surface area contributed by atoms with E-state index in [2.05, 4.69) is 10.5 Å². The van der Waals surface area contributed by atoms with Crippen molar-refractivity contribution in [3.63, 3.8) is 0 Å². The van der Waals surface area contributed by atoms with Gasteiger partial charge < -0.3 is 26.5 Å². The Morgan fingerprint density at radius 3 is 2.42 bits per heavy atom. The average molecular weight is 265 g/mol. The van der Waals surface area contributed by atoms with E-state index in [-0.39, 0.29) is 28.8 Å². The quantitative estimate of drug-likeness (QED) is 0.232. The van der Waals surface area contributed by atoms with Crippen LogP contribution in [-0.2, 0) is 0 Å². The Kier molecular flexibility index (Phi) is 3.46. The fourth-order valence-corrected chi connectivity index (χ4v) is 1.90. The topological polar surface area (TPSA) is 128 Å². The number of amidine groups is 1. The predicted octanol–water partition coefficient (Wildman–Crippen LogP) is 0.353. The molecule has 7 nitrogen and oxygen atoms in total. The molecule has 6 N–H and O–H groups in total. The van der Waals surface area contributed by atoms with Gasteiger partial charge in [-0.2, -0.15) is 0 Å². The summed E-state index contributed by atoms with van der Waals surface area (Å²) in [5, 5.41) is 33.3. The van der Waals surface area contributed by atoms with E-state index in [0.717, 1.165) is 12.8 Å². The van der Waals surface area contributed by atoms with Crippen LogP contribution in [-0.4, -0.2) is 33.2 Å². The minimum atomic E-state index is -0.667. The molecule has 19 heavy (non-hydrogen) atoms. The Balaban J connectivity index is 2.20. The van der Waals surface area contributed by atoms with Crippen LogP contribution in [0.5, 0.6) is 11.5 Å². The molecule has 2 rings (SSSR count). The Hall–Kier alpha value is -2.44. The van der Waals surface area contributed by atoms with Gasteiger partial charge in [-0.1, -0.05) is 11.2 Å². The van der Waals surface area contributed by atoms with Gasteiger partial charge in [0.15, 0.2) is 5.84 Å². The fraction of sp³-hybridized carbons (Fsp3) is 0.333. The van der Waals surface area contributed by atoms with Crippen molar-refractivity contribution in [2.45, 2.75) is 18.9 Å². The number of phenolic OH excluding ortho intramolecular Hbond substituents is 2. The lowest BCUT2D eigenvalue weighted by Crippen LogP contribution is -2.46. The minimum absolute atomic E-state index is 0.0919. The summed E-state index contributed by atoms with van der Waals surface area (Å²) in [4.78, 5) is 12.0. The number of carbonyl (C=O) groups is 1. The zero-order valence-electron chi connectivity index (χ0n) is 10.1. The third-order valence-electron chi connectivity index (χ3n) is 3.06. The number of benzene rings is 1. The number of nitrogens with zero attached hydrogens (tertiary/aromatic N) is 1. The maximum atomic E-state index is 12.0. The highest BCUT2D eigenvalue weighted by molar-refractivity contribution is 6.02. The first-order valence-corrected chi connectivity index (χ1v) is 5.83. The van der Waals surface area contributed by atoms with Crippen molar-refractivity contribution in [1.29, 1.82) is 0 Å². The van der Waals surface area contributed by atoms with Crippen LogP contribution in [0.2, 0.25) is 0 Å². The SMILES string of the molecule is N/C(=N/O)C(NC(=O)c1c(O)cccc1O)C1CC1. The molecule has 1 aliphatic rings. The van der Waals surface area contributed by atoms with E-state index in [4.69, 9.17) is 10.9 Å². The summed E-state index contributed by atoms with van der Waals surface area (Å²) in [7, 11) is 0. The predicted molar refractivity (Wildman–Crippen MR) is 67.2 cm³/mol. The number of nitrogens with one attached hydrogen (secondary N) is 1. The molecular weight excluding hydrogens is 250 g/mol. The number of amides is 1. The maximum Gasteiger partial charge on any atom is 0.259 e. The number of aromatic hydroxyl groups is 2. The fourth-order valence-electron chi connectivity index (χ4n) is 1.90. The summed E-state index contributed by atoms with van der Waals surface area (Å²) in [6, 6.07) is 3.41. The Morgan fingerprint density at radius 1 is 1.37 bits per heavy atom. The zero-order chi connectivity index (χ0) is 14.0. The highest BCUT2D eigenvalue weighted by Crippen LogP contribution is 2.33. The highest BCUT2D eigenvalue weighted by Gasteiger charge is 2.36. The van der Waals surface area contributed by atoms with Gasteiger partial charge in [-0.3, -0.25) is 4.79 Å². The second-order valence-electron chi connectivity index (χ2n) is 4.48. The van der Waals surface area contributed by atoms with Crippen molar-refractivity contribution in [3.8, 4) is 11.5 Å². The van der Waals surface area contributed by atoms with E-state index in [1.54, 1.807) is 0 Å². The molecule has 0 aliphatic heterocycles. The van der Waals surface area contributed by atoms with Gasteiger partial charge in [0.25, 0.3) is 5.91 Å². The Morgan fingerprint density at radius 2 is 1.95 bits per heavy atom. The molecular formula is C12H15N3O4. The molecule has 1 aromatic carbocycles. The van der Waals surface area contributed by atoms with Crippen LogP contribution in [0.1, 0.15) is 23.2 Å². The number of nitrogens with two attached hydrogens (primary N) is 1. The van der Waals surface area contributed by atoms with Crippen LogP contribution in [0.4, 0.5) is 0 Å². The largest absolute Gasteiger partial charge is 0.507 e. The van der Waals surface area contributed by atoms with E-state index in [1.165, 1.54) is 18.2 Å². The van der Waals surface area contributed by atoms with Gasteiger partial charge in [-0.05, 0) is 30.9 Å². The van der Waals surface area contributed by atoms with Gasteiger partial charge in [0.05, 0.1) is 6.04 Å². The van der Waals surface area contributed by atoms with Crippen LogP contribution < -0.4 is 11.1 Å². The second-order valence-corrected chi connectivity index (χ2v) is 4.48. The molecule has 0 bridgehead atoms. The number of phenols is 2. The number of carbonyl (C=O) groups excluding carboxylic acids is 1. The molecule has 1 saturated carbocycles. The van der Waals surface area contributed by atoms with Crippen molar-refractivity contribution < 1.29 is 20.2 Å². The van der Waals surface area contributed by atoms with Crippen molar-refractivity contribution in [2.75, 3.05) is 0 Å². The molecule has 1 atom stereocenters. The van der Waals surface area contributed by atoms with Crippen molar-refractivity contribution >= 4 is 11.7 Å². The molecule has 1 aromatic rings. The molecule has 0 aromatic heterocycles. The van der Waals surface area contributed by atoms with Crippen molar-refractivity contribution in [1.82, 2.24) is 5.32 Å². The molecule has 0 spiro atoms. The molecule has 1 unspecified atom stereocenters. The van der Waals surface area contributed by atoms with E-state index in [0.29, 0.717) is 0 Å². The summed E-state index contributed by atoms with van der Waals surface area (Å²) in [6.45, 7) is 0. The molecule has 0 radical (unpaired) electrons. The van der Waals surface area contributed by atoms with E-state index in [1.807, 2.05) is 0 Å². The molecule has 1 amide bonds. The van der Waals surface area contributed by atoms with Crippen molar-refractivity contribution in [2.24, 2.45) is 16.8 Å².